The van der Waals surface area contributed by atoms with Gasteiger partial charge in [-0.3, -0.25) is 4.79 Å². The van der Waals surface area contributed by atoms with Gasteiger partial charge < -0.3 is 19.5 Å². The zero-order valence-electron chi connectivity index (χ0n) is 24.0. The van der Waals surface area contributed by atoms with Crippen molar-refractivity contribution in [2.75, 3.05) is 25.0 Å². The molecule has 0 saturated carbocycles. The van der Waals surface area contributed by atoms with Crippen molar-refractivity contribution < 1.29 is 18.3 Å². The highest BCUT2D eigenvalue weighted by molar-refractivity contribution is 5.83. The van der Waals surface area contributed by atoms with Crippen molar-refractivity contribution >= 4 is 28.8 Å². The number of imidazole rings is 1. The van der Waals surface area contributed by atoms with E-state index in [9.17, 15) is 9.18 Å². The summed E-state index contributed by atoms with van der Waals surface area (Å²) in [6.45, 7) is 12.3. The topological polar surface area (TPSA) is 98.1 Å². The number of aromatic nitrogens is 5. The first kappa shape index (κ1) is 28.5. The molecule has 4 aromatic rings. The number of likely N-dealkylation sites (tertiary alicyclic amines) is 1. The maximum Gasteiger partial charge on any atom is 0.303 e. The van der Waals surface area contributed by atoms with E-state index < -0.39 is 11.6 Å². The molecule has 11 heteroatoms. The van der Waals surface area contributed by atoms with E-state index in [1.165, 1.54) is 13.0 Å². The molecule has 4 heterocycles. The lowest BCUT2D eigenvalue weighted by Gasteiger charge is -2.35. The van der Waals surface area contributed by atoms with Crippen molar-refractivity contribution in [3.05, 3.63) is 59.7 Å². The number of hydrogen-bond acceptors (Lipinski definition) is 8. The summed E-state index contributed by atoms with van der Waals surface area (Å²) < 4.78 is 37.6. The van der Waals surface area contributed by atoms with Crippen LogP contribution in [0.15, 0.2) is 36.7 Å². The van der Waals surface area contributed by atoms with Gasteiger partial charge in [-0.25, -0.2) is 28.7 Å². The number of hydrogen-bond donors (Lipinski definition) is 1. The Bertz CT molecular complexity index is 1550. The fraction of sp³-hybridized carbons (Fsp3) is 0.433. The van der Waals surface area contributed by atoms with Gasteiger partial charge in [-0.1, -0.05) is 13.0 Å². The van der Waals surface area contributed by atoms with Gasteiger partial charge in [0, 0.05) is 36.2 Å². The number of ether oxygens (including phenoxy) is 1. The Kier molecular flexibility index (Phi) is 8.25. The molecule has 216 valence electrons. The number of halogens is 2. The lowest BCUT2D eigenvalue weighted by atomic mass is 9.87. The summed E-state index contributed by atoms with van der Waals surface area (Å²) in [7, 11) is 0. The number of carbonyl (C=O) groups excluding carboxylic acids is 1. The summed E-state index contributed by atoms with van der Waals surface area (Å²) in [5.74, 6) is -0.130. The summed E-state index contributed by atoms with van der Waals surface area (Å²) in [4.78, 5) is 31.5. The third kappa shape index (κ3) is 6.04. The second-order valence-corrected chi connectivity index (χ2v) is 10.7. The number of benzene rings is 1. The number of nitrogens with zero attached hydrogens (tertiary/aromatic N) is 6. The van der Waals surface area contributed by atoms with Gasteiger partial charge in [0.1, 0.15) is 29.0 Å². The van der Waals surface area contributed by atoms with Crippen LogP contribution in [0, 0.1) is 24.5 Å². The highest BCUT2D eigenvalue weighted by atomic mass is 19.1. The standard InChI is InChI=1S/C30H35F2N7O2/c1-6-38-11-9-20(10-12-38)29(41-19(5)40)21-7-8-26(33-15-21)36-30-34-16-24(32)27(37-30)22-13-23(31)28-25(14-22)39(17(2)3)18(4)35-28/h7-8,13-17,20,29H,6,9-12H2,1-5H3,(H,33,34,36,37)/t29-/m1/s1. The number of anilines is 2. The maximum absolute atomic E-state index is 15.0. The minimum Gasteiger partial charge on any atom is -0.457 e. The molecule has 1 N–H and O–H groups in total. The molecule has 5 rings (SSSR count). The number of nitrogens with one attached hydrogen (secondary N) is 1. The van der Waals surface area contributed by atoms with Crippen LogP contribution in [0.25, 0.3) is 22.3 Å². The Balaban J connectivity index is 1.39. The van der Waals surface area contributed by atoms with Crippen LogP contribution in [0.1, 0.15) is 64.1 Å². The molecule has 1 saturated heterocycles. The van der Waals surface area contributed by atoms with Gasteiger partial charge in [0.15, 0.2) is 11.6 Å². The second kappa shape index (κ2) is 11.9. The average molecular weight is 564 g/mol. The van der Waals surface area contributed by atoms with Crippen LogP contribution in [-0.2, 0) is 9.53 Å². The highest BCUT2D eigenvalue weighted by Gasteiger charge is 2.30. The minimum atomic E-state index is -0.678. The molecular weight excluding hydrogens is 528 g/mol. The molecule has 0 bridgehead atoms. The van der Waals surface area contributed by atoms with Crippen LogP contribution in [0.3, 0.4) is 0 Å². The van der Waals surface area contributed by atoms with Gasteiger partial charge in [0.2, 0.25) is 5.95 Å². The lowest BCUT2D eigenvalue weighted by molar-refractivity contribution is -0.150. The largest absolute Gasteiger partial charge is 0.457 e. The number of pyridine rings is 1. The summed E-state index contributed by atoms with van der Waals surface area (Å²) in [6, 6.07) is 6.58. The fourth-order valence-electron chi connectivity index (χ4n) is 5.64. The number of esters is 1. The number of piperidine rings is 1. The molecule has 0 unspecified atom stereocenters. The molecule has 1 atom stereocenters. The number of carbonyl (C=O) groups is 1. The predicted octanol–water partition coefficient (Wildman–Crippen LogP) is 6.14. The Hall–Kier alpha value is -3.99. The van der Waals surface area contributed by atoms with Crippen molar-refractivity contribution in [1.82, 2.24) is 29.4 Å². The quantitative estimate of drug-likeness (QED) is 0.256. The Labute approximate surface area is 238 Å². The normalized spacial score (nSPS) is 15.4. The molecule has 1 aliphatic rings. The van der Waals surface area contributed by atoms with Crippen molar-refractivity contribution in [1.29, 1.82) is 0 Å². The van der Waals surface area contributed by atoms with E-state index >= 15 is 4.39 Å². The first-order valence-electron chi connectivity index (χ1n) is 14.0. The first-order chi connectivity index (χ1) is 19.6. The predicted molar refractivity (Wildman–Crippen MR) is 153 cm³/mol. The summed E-state index contributed by atoms with van der Waals surface area (Å²) in [5.41, 5.74) is 1.85. The molecule has 1 aliphatic heterocycles. The zero-order chi connectivity index (χ0) is 29.3. The van der Waals surface area contributed by atoms with E-state index in [1.54, 1.807) is 18.3 Å². The van der Waals surface area contributed by atoms with Gasteiger partial charge in [-0.15, -0.1) is 0 Å². The Morgan fingerprint density at radius 2 is 1.85 bits per heavy atom. The van der Waals surface area contributed by atoms with Crippen LogP contribution < -0.4 is 5.32 Å². The summed E-state index contributed by atoms with van der Waals surface area (Å²) >= 11 is 0. The number of rotatable bonds is 8. The van der Waals surface area contributed by atoms with Crippen LogP contribution in [-0.4, -0.2) is 55.0 Å². The third-order valence-corrected chi connectivity index (χ3v) is 7.61. The molecule has 9 nitrogen and oxygen atoms in total. The van der Waals surface area contributed by atoms with Crippen LogP contribution >= 0.6 is 0 Å². The van der Waals surface area contributed by atoms with Gasteiger partial charge in [-0.2, -0.15) is 0 Å². The van der Waals surface area contributed by atoms with Crippen LogP contribution in [0.4, 0.5) is 20.5 Å². The van der Waals surface area contributed by atoms with E-state index in [-0.39, 0.29) is 46.8 Å². The molecule has 0 spiro atoms. The van der Waals surface area contributed by atoms with Crippen LogP contribution in [0.2, 0.25) is 0 Å². The summed E-state index contributed by atoms with van der Waals surface area (Å²) in [5, 5.41) is 3.00. The monoisotopic (exact) mass is 563 g/mol. The Morgan fingerprint density at radius 3 is 2.49 bits per heavy atom. The van der Waals surface area contributed by atoms with E-state index in [2.05, 4.69) is 37.1 Å². The van der Waals surface area contributed by atoms with Gasteiger partial charge in [0.25, 0.3) is 0 Å². The van der Waals surface area contributed by atoms with E-state index in [1.807, 2.05) is 31.4 Å². The van der Waals surface area contributed by atoms with Gasteiger partial charge in [-0.05, 0) is 71.4 Å². The molecule has 0 radical (unpaired) electrons. The second-order valence-electron chi connectivity index (χ2n) is 10.7. The van der Waals surface area contributed by atoms with Crippen molar-refractivity contribution in [3.8, 4) is 11.3 Å². The highest BCUT2D eigenvalue weighted by Crippen LogP contribution is 2.34. The number of aryl methyl sites for hydroxylation is 1. The molecule has 0 amide bonds. The SMILES string of the molecule is CCN1CCC([C@@H](OC(C)=O)c2ccc(Nc3ncc(F)c(-c4cc(F)c5nc(C)n(C(C)C)c5c4)n3)nc2)CC1. The maximum atomic E-state index is 15.0. The summed E-state index contributed by atoms with van der Waals surface area (Å²) in [6.07, 6.45) is 4.20. The molecular formula is C30H35F2N7O2. The number of fused-ring (bicyclic) bond motifs is 1. The van der Waals surface area contributed by atoms with Crippen LogP contribution in [0.5, 0.6) is 0 Å². The lowest BCUT2D eigenvalue weighted by Crippen LogP contribution is -2.36. The van der Waals surface area contributed by atoms with Gasteiger partial charge in [0.05, 0.1) is 11.7 Å². The van der Waals surface area contributed by atoms with Gasteiger partial charge >= 0.3 is 5.97 Å². The molecule has 41 heavy (non-hydrogen) atoms. The average Bonchev–Trinajstić information content (AvgIpc) is 3.30. The van der Waals surface area contributed by atoms with E-state index in [0.717, 1.165) is 44.2 Å². The molecule has 3 aromatic heterocycles. The first-order valence-corrected chi connectivity index (χ1v) is 14.0. The van der Waals surface area contributed by atoms with E-state index in [0.29, 0.717) is 17.2 Å². The molecule has 1 aromatic carbocycles. The smallest absolute Gasteiger partial charge is 0.303 e. The molecule has 1 fully saturated rings. The van der Waals surface area contributed by atoms with Crippen molar-refractivity contribution in [2.45, 2.75) is 59.6 Å². The fourth-order valence-corrected chi connectivity index (χ4v) is 5.64. The van der Waals surface area contributed by atoms with E-state index in [4.69, 9.17) is 4.74 Å². The third-order valence-electron chi connectivity index (χ3n) is 7.61. The zero-order valence-corrected chi connectivity index (χ0v) is 24.0. The molecule has 0 aliphatic carbocycles. The van der Waals surface area contributed by atoms with Crippen molar-refractivity contribution in [2.24, 2.45) is 5.92 Å². The Morgan fingerprint density at radius 1 is 1.10 bits per heavy atom. The van der Waals surface area contributed by atoms with Crippen molar-refractivity contribution in [3.63, 3.8) is 0 Å². The minimum absolute atomic E-state index is 0.0394.